The van der Waals surface area contributed by atoms with Crippen LogP contribution in [0.4, 0.5) is 0 Å². The van der Waals surface area contributed by atoms with Crippen LogP contribution in [0.2, 0.25) is 0 Å². The third kappa shape index (κ3) is 4.41. The van der Waals surface area contributed by atoms with Crippen molar-refractivity contribution in [2.24, 2.45) is 5.10 Å². The highest BCUT2D eigenvalue weighted by Gasteiger charge is 2.06. The Hall–Kier alpha value is -2.69. The van der Waals surface area contributed by atoms with Crippen molar-refractivity contribution in [3.05, 3.63) is 59.9 Å². The molecule has 22 heavy (non-hydrogen) atoms. The fraction of sp³-hybridized carbons (Fsp3) is 0.235. The van der Waals surface area contributed by atoms with Gasteiger partial charge in [-0.15, -0.1) is 0 Å². The molecule has 1 aromatic carbocycles. The van der Waals surface area contributed by atoms with E-state index in [0.29, 0.717) is 5.56 Å². The Kier molecular flexibility index (Phi) is 5.25. The molecule has 2 rings (SSSR count). The maximum Gasteiger partial charge on any atom is 0.271 e. The number of hydrazone groups is 1. The zero-order chi connectivity index (χ0) is 15.9. The van der Waals surface area contributed by atoms with Gasteiger partial charge in [0.05, 0.1) is 11.8 Å². The summed E-state index contributed by atoms with van der Waals surface area (Å²) < 4.78 is 5.54. The van der Waals surface area contributed by atoms with Crippen LogP contribution < -0.4 is 10.2 Å². The van der Waals surface area contributed by atoms with Gasteiger partial charge in [0.1, 0.15) is 5.75 Å². The van der Waals surface area contributed by atoms with Crippen LogP contribution in [-0.4, -0.2) is 22.7 Å². The average molecular weight is 297 g/mol. The second-order valence-electron chi connectivity index (χ2n) is 5.07. The summed E-state index contributed by atoms with van der Waals surface area (Å²) in [6.45, 7) is 5.74. The summed E-state index contributed by atoms with van der Waals surface area (Å²) in [5.74, 6) is 0.479. The molecule has 2 aromatic rings. The smallest absolute Gasteiger partial charge is 0.271 e. The Balaban J connectivity index is 2.00. The van der Waals surface area contributed by atoms with Crippen LogP contribution in [0.1, 0.15) is 36.7 Å². The van der Waals surface area contributed by atoms with Gasteiger partial charge in [-0.3, -0.25) is 9.78 Å². The van der Waals surface area contributed by atoms with E-state index in [1.807, 2.05) is 32.9 Å². The van der Waals surface area contributed by atoms with Gasteiger partial charge in [0.2, 0.25) is 0 Å². The minimum Gasteiger partial charge on any atom is -0.491 e. The van der Waals surface area contributed by atoms with E-state index in [1.165, 1.54) is 0 Å². The van der Waals surface area contributed by atoms with E-state index in [1.54, 1.807) is 36.7 Å². The van der Waals surface area contributed by atoms with E-state index in [4.69, 9.17) is 4.74 Å². The minimum absolute atomic E-state index is 0.104. The van der Waals surface area contributed by atoms with Gasteiger partial charge in [-0.25, -0.2) is 5.43 Å². The first-order chi connectivity index (χ1) is 10.6. The van der Waals surface area contributed by atoms with Crippen molar-refractivity contribution < 1.29 is 9.53 Å². The van der Waals surface area contributed by atoms with Crippen molar-refractivity contribution in [1.82, 2.24) is 10.4 Å². The van der Waals surface area contributed by atoms with E-state index < -0.39 is 0 Å². The number of ether oxygens (including phenoxy) is 1. The van der Waals surface area contributed by atoms with E-state index in [2.05, 4.69) is 15.5 Å². The lowest BCUT2D eigenvalue weighted by molar-refractivity contribution is 0.0955. The van der Waals surface area contributed by atoms with Gasteiger partial charge in [-0.2, -0.15) is 5.10 Å². The molecule has 114 valence electrons. The molecular weight excluding hydrogens is 278 g/mol. The molecule has 0 unspecified atom stereocenters. The number of pyridine rings is 1. The lowest BCUT2D eigenvalue weighted by Gasteiger charge is -2.09. The molecule has 0 fully saturated rings. The fourth-order valence-corrected chi connectivity index (χ4v) is 1.81. The first-order valence-corrected chi connectivity index (χ1v) is 7.08. The van der Waals surface area contributed by atoms with Gasteiger partial charge < -0.3 is 4.74 Å². The van der Waals surface area contributed by atoms with Gasteiger partial charge in [-0.05, 0) is 57.2 Å². The summed E-state index contributed by atoms with van der Waals surface area (Å²) in [5, 5.41) is 4.10. The van der Waals surface area contributed by atoms with Gasteiger partial charge in [0.25, 0.3) is 5.91 Å². The highest BCUT2D eigenvalue weighted by molar-refractivity contribution is 6.00. The Morgan fingerprint density at radius 2 is 1.73 bits per heavy atom. The molecule has 0 aliphatic heterocycles. The molecule has 0 radical (unpaired) electrons. The number of aromatic nitrogens is 1. The van der Waals surface area contributed by atoms with Crippen LogP contribution >= 0.6 is 0 Å². The number of carbonyl (C=O) groups excluding carboxylic acids is 1. The molecule has 5 nitrogen and oxygen atoms in total. The number of benzene rings is 1. The predicted molar refractivity (Wildman–Crippen MR) is 86.1 cm³/mol. The number of nitrogens with one attached hydrogen (secondary N) is 1. The van der Waals surface area contributed by atoms with Gasteiger partial charge >= 0.3 is 0 Å². The Bertz CT molecular complexity index is 649. The number of nitrogens with zero attached hydrogens (tertiary/aromatic N) is 2. The normalized spacial score (nSPS) is 11.4. The maximum absolute atomic E-state index is 12.0. The molecule has 1 N–H and O–H groups in total. The number of hydrogen-bond donors (Lipinski definition) is 1. The Labute approximate surface area is 130 Å². The number of hydrogen-bond acceptors (Lipinski definition) is 4. The standard InChI is InChI=1S/C17H19N3O2/c1-12(2)22-16-6-4-15(5-7-16)17(21)20-19-13(3)14-8-10-18-11-9-14/h4-12H,1-3H3,(H,20,21)/b19-13-. The molecule has 0 aliphatic carbocycles. The molecule has 1 amide bonds. The lowest BCUT2D eigenvalue weighted by atomic mass is 10.2. The van der Waals surface area contributed by atoms with Crippen LogP contribution in [0.15, 0.2) is 53.9 Å². The summed E-state index contributed by atoms with van der Waals surface area (Å²) in [4.78, 5) is 16.0. The zero-order valence-electron chi connectivity index (χ0n) is 12.9. The largest absolute Gasteiger partial charge is 0.491 e. The molecule has 0 saturated heterocycles. The molecule has 0 saturated carbocycles. The SMILES string of the molecule is C/C(=N/NC(=O)c1ccc(OC(C)C)cc1)c1ccncc1. The van der Waals surface area contributed by atoms with Crippen LogP contribution in [0, 0.1) is 0 Å². The maximum atomic E-state index is 12.0. The van der Waals surface area contributed by atoms with Crippen molar-refractivity contribution in [2.75, 3.05) is 0 Å². The van der Waals surface area contributed by atoms with Crippen molar-refractivity contribution in [2.45, 2.75) is 26.9 Å². The van der Waals surface area contributed by atoms with Gasteiger partial charge in [-0.1, -0.05) is 0 Å². The molecule has 1 heterocycles. The van der Waals surface area contributed by atoms with Crippen LogP contribution in [0.3, 0.4) is 0 Å². The lowest BCUT2D eigenvalue weighted by Crippen LogP contribution is -2.19. The Morgan fingerprint density at radius 1 is 1.09 bits per heavy atom. The molecular formula is C17H19N3O2. The second-order valence-corrected chi connectivity index (χ2v) is 5.07. The van der Waals surface area contributed by atoms with Crippen LogP contribution in [0.25, 0.3) is 0 Å². The van der Waals surface area contributed by atoms with E-state index in [-0.39, 0.29) is 12.0 Å². The minimum atomic E-state index is -0.260. The molecule has 5 heteroatoms. The van der Waals surface area contributed by atoms with E-state index >= 15 is 0 Å². The Morgan fingerprint density at radius 3 is 2.32 bits per heavy atom. The summed E-state index contributed by atoms with van der Waals surface area (Å²) in [6.07, 6.45) is 3.47. The first-order valence-electron chi connectivity index (χ1n) is 7.08. The molecule has 0 spiro atoms. The van der Waals surface area contributed by atoms with E-state index in [0.717, 1.165) is 17.0 Å². The predicted octanol–water partition coefficient (Wildman–Crippen LogP) is 3.02. The molecule has 0 bridgehead atoms. The van der Waals surface area contributed by atoms with Crippen molar-refractivity contribution >= 4 is 11.6 Å². The molecule has 0 atom stereocenters. The first kappa shape index (κ1) is 15.7. The summed E-state index contributed by atoms with van der Waals surface area (Å²) in [7, 11) is 0. The number of amides is 1. The summed E-state index contributed by atoms with van der Waals surface area (Å²) in [5.41, 5.74) is 4.71. The van der Waals surface area contributed by atoms with Crippen molar-refractivity contribution in [3.8, 4) is 5.75 Å². The van der Waals surface area contributed by atoms with Gasteiger partial charge in [0.15, 0.2) is 0 Å². The number of carbonyl (C=O) groups is 1. The molecule has 1 aromatic heterocycles. The van der Waals surface area contributed by atoms with Crippen LogP contribution in [-0.2, 0) is 0 Å². The van der Waals surface area contributed by atoms with Crippen molar-refractivity contribution in [3.63, 3.8) is 0 Å². The quantitative estimate of drug-likeness (QED) is 0.681. The van der Waals surface area contributed by atoms with Crippen LogP contribution in [0.5, 0.6) is 5.75 Å². The summed E-state index contributed by atoms with van der Waals surface area (Å²) >= 11 is 0. The average Bonchev–Trinajstić information content (AvgIpc) is 2.53. The fourth-order valence-electron chi connectivity index (χ4n) is 1.81. The highest BCUT2D eigenvalue weighted by atomic mass is 16.5. The third-order valence-corrected chi connectivity index (χ3v) is 2.91. The highest BCUT2D eigenvalue weighted by Crippen LogP contribution is 2.13. The molecule has 0 aliphatic rings. The third-order valence-electron chi connectivity index (χ3n) is 2.91. The number of rotatable bonds is 5. The zero-order valence-corrected chi connectivity index (χ0v) is 12.9. The van der Waals surface area contributed by atoms with Crippen molar-refractivity contribution in [1.29, 1.82) is 0 Å². The van der Waals surface area contributed by atoms with Gasteiger partial charge in [0, 0.05) is 23.5 Å². The topological polar surface area (TPSA) is 63.6 Å². The monoisotopic (exact) mass is 297 g/mol. The second kappa shape index (κ2) is 7.36. The summed E-state index contributed by atoms with van der Waals surface area (Å²) in [6, 6.07) is 10.6. The van der Waals surface area contributed by atoms with E-state index in [9.17, 15) is 4.79 Å².